The summed E-state index contributed by atoms with van der Waals surface area (Å²) in [5.41, 5.74) is 3.84. The van der Waals surface area contributed by atoms with Gasteiger partial charge in [-0.25, -0.2) is 4.79 Å². The molecule has 0 spiro atoms. The summed E-state index contributed by atoms with van der Waals surface area (Å²) in [6, 6.07) is 16.7. The van der Waals surface area contributed by atoms with Crippen LogP contribution in [0.25, 0.3) is 0 Å². The minimum atomic E-state index is 0.175. The number of nitrogens with zero attached hydrogens (tertiary/aromatic N) is 3. The second-order valence-electron chi connectivity index (χ2n) is 6.89. The van der Waals surface area contributed by atoms with E-state index in [2.05, 4.69) is 41.3 Å². The largest absolute Gasteiger partial charge is 0.497 e. The van der Waals surface area contributed by atoms with Crippen LogP contribution in [-0.2, 0) is 13.0 Å². The highest BCUT2D eigenvalue weighted by atomic mass is 16.5. The van der Waals surface area contributed by atoms with Gasteiger partial charge in [-0.1, -0.05) is 24.3 Å². The van der Waals surface area contributed by atoms with Crippen molar-refractivity contribution in [2.45, 2.75) is 13.0 Å². The maximum absolute atomic E-state index is 12.9. The Kier molecular flexibility index (Phi) is 4.69. The lowest BCUT2D eigenvalue weighted by molar-refractivity contribution is 0.145. The number of fused-ring (bicyclic) bond motifs is 1. The van der Waals surface area contributed by atoms with Gasteiger partial charge in [0, 0.05) is 45.0 Å². The van der Waals surface area contributed by atoms with E-state index in [0.717, 1.165) is 51.4 Å². The van der Waals surface area contributed by atoms with Crippen molar-refractivity contribution in [3.63, 3.8) is 0 Å². The smallest absolute Gasteiger partial charge is 0.320 e. The number of rotatable bonds is 2. The van der Waals surface area contributed by atoms with E-state index in [1.165, 1.54) is 16.8 Å². The van der Waals surface area contributed by atoms with Gasteiger partial charge in [0.25, 0.3) is 0 Å². The van der Waals surface area contributed by atoms with Crippen LogP contribution in [0.15, 0.2) is 48.5 Å². The van der Waals surface area contributed by atoms with Crippen LogP contribution in [0.3, 0.4) is 0 Å². The molecule has 2 amide bonds. The lowest BCUT2D eigenvalue weighted by Crippen LogP contribution is -2.53. The van der Waals surface area contributed by atoms with E-state index in [9.17, 15) is 4.79 Å². The summed E-state index contributed by atoms with van der Waals surface area (Å²) in [7, 11) is 1.68. The highest BCUT2D eigenvalue weighted by Gasteiger charge is 2.27. The summed E-state index contributed by atoms with van der Waals surface area (Å²) in [6.45, 7) is 4.80. The predicted octanol–water partition coefficient (Wildman–Crippen LogP) is 3.00. The average molecular weight is 351 g/mol. The third-order valence-electron chi connectivity index (χ3n) is 5.39. The number of urea groups is 1. The normalized spacial score (nSPS) is 17.0. The molecule has 0 unspecified atom stereocenters. The first-order chi connectivity index (χ1) is 12.7. The zero-order valence-corrected chi connectivity index (χ0v) is 15.2. The van der Waals surface area contributed by atoms with Gasteiger partial charge in [-0.15, -0.1) is 0 Å². The Morgan fingerprint density at radius 3 is 2.23 bits per heavy atom. The van der Waals surface area contributed by atoms with Gasteiger partial charge in [-0.2, -0.15) is 0 Å². The Bertz CT molecular complexity index is 767. The molecule has 5 nitrogen and oxygen atoms in total. The first-order valence-electron chi connectivity index (χ1n) is 9.24. The molecule has 5 heteroatoms. The molecule has 26 heavy (non-hydrogen) atoms. The van der Waals surface area contributed by atoms with E-state index >= 15 is 0 Å². The second kappa shape index (κ2) is 7.28. The van der Waals surface area contributed by atoms with Gasteiger partial charge >= 0.3 is 6.03 Å². The molecule has 2 aliphatic rings. The topological polar surface area (TPSA) is 36.0 Å². The summed E-state index contributed by atoms with van der Waals surface area (Å²) < 4.78 is 5.22. The molecular weight excluding hydrogens is 326 g/mol. The summed E-state index contributed by atoms with van der Waals surface area (Å²) >= 11 is 0. The van der Waals surface area contributed by atoms with Crippen LogP contribution < -0.4 is 9.64 Å². The number of benzene rings is 2. The van der Waals surface area contributed by atoms with Crippen molar-refractivity contribution in [3.05, 3.63) is 59.7 Å². The maximum Gasteiger partial charge on any atom is 0.320 e. The van der Waals surface area contributed by atoms with Crippen molar-refractivity contribution < 1.29 is 9.53 Å². The second-order valence-corrected chi connectivity index (χ2v) is 6.89. The zero-order chi connectivity index (χ0) is 17.9. The van der Waals surface area contributed by atoms with E-state index in [1.807, 2.05) is 21.9 Å². The summed E-state index contributed by atoms with van der Waals surface area (Å²) in [4.78, 5) is 19.2. The van der Waals surface area contributed by atoms with Gasteiger partial charge in [-0.3, -0.25) is 0 Å². The third kappa shape index (κ3) is 3.34. The highest BCUT2D eigenvalue weighted by molar-refractivity contribution is 5.75. The number of ether oxygens (including phenoxy) is 1. The predicted molar refractivity (Wildman–Crippen MR) is 103 cm³/mol. The fourth-order valence-corrected chi connectivity index (χ4v) is 3.81. The van der Waals surface area contributed by atoms with Gasteiger partial charge in [0.1, 0.15) is 5.75 Å². The lowest BCUT2D eigenvalue weighted by atomic mass is 10.0. The number of carbonyl (C=O) groups is 1. The number of carbonyl (C=O) groups excluding carboxylic acids is 1. The molecule has 2 heterocycles. The van der Waals surface area contributed by atoms with Gasteiger partial charge in [0.2, 0.25) is 0 Å². The Morgan fingerprint density at radius 1 is 0.846 bits per heavy atom. The fourth-order valence-electron chi connectivity index (χ4n) is 3.81. The summed E-state index contributed by atoms with van der Waals surface area (Å²) in [5, 5.41) is 0. The van der Waals surface area contributed by atoms with Crippen molar-refractivity contribution in [1.82, 2.24) is 9.80 Å². The molecule has 136 valence electrons. The standard InChI is InChI=1S/C21H25N3O2/c1-26-20-8-6-19(7-9-20)22-12-14-23(15-13-22)21(25)24-11-10-17-4-2-3-5-18(17)16-24/h2-9H,10-16H2,1H3. The zero-order valence-electron chi connectivity index (χ0n) is 15.2. The Hall–Kier alpha value is -2.69. The summed E-state index contributed by atoms with van der Waals surface area (Å²) in [5.74, 6) is 0.868. The number of hydrogen-bond acceptors (Lipinski definition) is 3. The maximum atomic E-state index is 12.9. The molecule has 2 aromatic carbocycles. The molecule has 0 N–H and O–H groups in total. The van der Waals surface area contributed by atoms with Gasteiger partial charge in [0.05, 0.1) is 7.11 Å². The number of amides is 2. The van der Waals surface area contributed by atoms with Gasteiger partial charge in [0.15, 0.2) is 0 Å². The van der Waals surface area contributed by atoms with E-state index in [-0.39, 0.29) is 6.03 Å². The number of methoxy groups -OCH3 is 1. The van der Waals surface area contributed by atoms with E-state index in [4.69, 9.17) is 4.74 Å². The van der Waals surface area contributed by atoms with Crippen LogP contribution in [0.2, 0.25) is 0 Å². The molecule has 0 bridgehead atoms. The lowest BCUT2D eigenvalue weighted by Gasteiger charge is -2.39. The molecule has 2 aliphatic heterocycles. The molecule has 1 fully saturated rings. The van der Waals surface area contributed by atoms with Crippen molar-refractivity contribution in [1.29, 1.82) is 0 Å². The number of piperazine rings is 1. The van der Waals surface area contributed by atoms with Gasteiger partial charge < -0.3 is 19.4 Å². The van der Waals surface area contributed by atoms with Crippen LogP contribution in [0.4, 0.5) is 10.5 Å². The van der Waals surface area contributed by atoms with Crippen molar-refractivity contribution in [2.24, 2.45) is 0 Å². The minimum absolute atomic E-state index is 0.175. The molecule has 1 saturated heterocycles. The highest BCUT2D eigenvalue weighted by Crippen LogP contribution is 2.22. The Balaban J connectivity index is 1.35. The molecule has 4 rings (SSSR count). The number of hydrogen-bond donors (Lipinski definition) is 0. The van der Waals surface area contributed by atoms with Crippen LogP contribution >= 0.6 is 0 Å². The Labute approximate surface area is 154 Å². The Morgan fingerprint density at radius 2 is 1.54 bits per heavy atom. The van der Waals surface area contributed by atoms with Gasteiger partial charge in [-0.05, 0) is 41.8 Å². The SMILES string of the molecule is COc1ccc(N2CCN(C(=O)N3CCc4ccccc4C3)CC2)cc1. The molecule has 0 aliphatic carbocycles. The van der Waals surface area contributed by atoms with Crippen LogP contribution in [-0.4, -0.2) is 55.7 Å². The first-order valence-corrected chi connectivity index (χ1v) is 9.24. The van der Waals surface area contributed by atoms with Crippen molar-refractivity contribution >= 4 is 11.7 Å². The first kappa shape index (κ1) is 16.8. The quantitative estimate of drug-likeness (QED) is 0.834. The third-order valence-corrected chi connectivity index (χ3v) is 5.39. The molecular formula is C21H25N3O2. The van der Waals surface area contributed by atoms with Crippen LogP contribution in [0.1, 0.15) is 11.1 Å². The van der Waals surface area contributed by atoms with E-state index in [0.29, 0.717) is 0 Å². The van der Waals surface area contributed by atoms with Crippen LogP contribution in [0, 0.1) is 0 Å². The number of anilines is 1. The van der Waals surface area contributed by atoms with Crippen molar-refractivity contribution in [2.75, 3.05) is 44.7 Å². The monoisotopic (exact) mass is 351 g/mol. The van der Waals surface area contributed by atoms with Crippen molar-refractivity contribution in [3.8, 4) is 5.75 Å². The molecule has 0 radical (unpaired) electrons. The van der Waals surface area contributed by atoms with E-state index in [1.54, 1.807) is 7.11 Å². The summed E-state index contributed by atoms with van der Waals surface area (Å²) in [6.07, 6.45) is 0.952. The average Bonchev–Trinajstić information content (AvgIpc) is 2.73. The molecule has 0 saturated carbocycles. The molecule has 2 aromatic rings. The molecule has 0 aromatic heterocycles. The van der Waals surface area contributed by atoms with Crippen LogP contribution in [0.5, 0.6) is 5.75 Å². The molecule has 0 atom stereocenters. The fraction of sp³-hybridized carbons (Fsp3) is 0.381. The minimum Gasteiger partial charge on any atom is -0.497 e. The van der Waals surface area contributed by atoms with E-state index < -0.39 is 0 Å².